The molecular formula is C17H14F3N7S. The molecule has 0 atom stereocenters. The van der Waals surface area contributed by atoms with Crippen LogP contribution in [-0.4, -0.2) is 31.0 Å². The minimum atomic E-state index is -4.49. The molecule has 1 heterocycles. The highest BCUT2D eigenvalue weighted by atomic mass is 32.1. The molecule has 0 fully saturated rings. The summed E-state index contributed by atoms with van der Waals surface area (Å²) in [6.07, 6.45) is -3.03. The van der Waals surface area contributed by atoms with Crippen LogP contribution in [0.5, 0.6) is 0 Å². The second kappa shape index (κ2) is 8.13. The van der Waals surface area contributed by atoms with Crippen molar-refractivity contribution in [1.82, 2.24) is 25.6 Å². The lowest BCUT2D eigenvalue weighted by Gasteiger charge is -2.14. The van der Waals surface area contributed by atoms with Crippen LogP contribution in [0.15, 0.2) is 60.0 Å². The van der Waals surface area contributed by atoms with Crippen molar-refractivity contribution in [2.45, 2.75) is 13.1 Å². The van der Waals surface area contributed by atoms with Crippen molar-refractivity contribution in [3.05, 3.63) is 66.0 Å². The van der Waals surface area contributed by atoms with Gasteiger partial charge in [0.2, 0.25) is 0 Å². The van der Waals surface area contributed by atoms with Crippen LogP contribution in [0.2, 0.25) is 0 Å². The number of nitrogens with zero attached hydrogens (tertiary/aromatic N) is 5. The van der Waals surface area contributed by atoms with Gasteiger partial charge in [-0.05, 0) is 59.4 Å². The van der Waals surface area contributed by atoms with Gasteiger partial charge in [-0.2, -0.15) is 18.3 Å². The van der Waals surface area contributed by atoms with Crippen molar-refractivity contribution in [3.63, 3.8) is 0 Å². The fourth-order valence-corrected chi connectivity index (χ4v) is 2.50. The Morgan fingerprint density at radius 2 is 1.93 bits per heavy atom. The molecule has 28 heavy (non-hydrogen) atoms. The predicted octanol–water partition coefficient (Wildman–Crippen LogP) is 3.39. The van der Waals surface area contributed by atoms with E-state index in [2.05, 4.69) is 31.4 Å². The zero-order chi connectivity index (χ0) is 20.1. The summed E-state index contributed by atoms with van der Waals surface area (Å²) in [4.78, 5) is 0. The molecule has 7 nitrogen and oxygen atoms in total. The second-order valence-electron chi connectivity index (χ2n) is 5.61. The average Bonchev–Trinajstić information content (AvgIpc) is 3.20. The first kappa shape index (κ1) is 19.4. The third-order valence-corrected chi connectivity index (χ3v) is 3.88. The maximum Gasteiger partial charge on any atom is 0.418 e. The Balaban J connectivity index is 1.71. The lowest BCUT2D eigenvalue weighted by Crippen LogP contribution is -2.26. The molecule has 0 saturated carbocycles. The summed E-state index contributed by atoms with van der Waals surface area (Å²) in [5, 5.41) is 17.6. The highest BCUT2D eigenvalue weighted by molar-refractivity contribution is 7.80. The van der Waals surface area contributed by atoms with Crippen LogP contribution < -0.4 is 10.7 Å². The van der Waals surface area contributed by atoms with Crippen molar-refractivity contribution >= 4 is 28.7 Å². The van der Waals surface area contributed by atoms with E-state index in [1.165, 1.54) is 29.2 Å². The number of alkyl halides is 3. The van der Waals surface area contributed by atoms with E-state index in [9.17, 15) is 13.2 Å². The number of hydrogen-bond acceptors (Lipinski definition) is 5. The summed E-state index contributed by atoms with van der Waals surface area (Å²) in [5.41, 5.74) is 3.66. The van der Waals surface area contributed by atoms with Crippen molar-refractivity contribution in [2.75, 3.05) is 5.32 Å². The number of rotatable bonds is 4. The van der Waals surface area contributed by atoms with E-state index in [-0.39, 0.29) is 10.8 Å². The topological polar surface area (TPSA) is 80.0 Å². The highest BCUT2D eigenvalue weighted by Gasteiger charge is 2.33. The number of thiocarbonyl (C=S) groups is 1. The van der Waals surface area contributed by atoms with E-state index >= 15 is 0 Å². The normalized spacial score (nSPS) is 11.9. The van der Waals surface area contributed by atoms with E-state index in [0.717, 1.165) is 17.3 Å². The number of aromatic nitrogens is 4. The molecule has 2 N–H and O–H groups in total. The maximum absolute atomic E-state index is 13.0. The SMILES string of the molecule is C/C(=N\NC(=S)Nc1ccccc1C(F)(F)F)c1cccc(-n2cnnn2)c1. The number of halogens is 3. The van der Waals surface area contributed by atoms with Crippen molar-refractivity contribution in [1.29, 1.82) is 0 Å². The summed E-state index contributed by atoms with van der Waals surface area (Å²) in [6, 6.07) is 12.3. The molecule has 2 aromatic carbocycles. The zero-order valence-electron chi connectivity index (χ0n) is 14.5. The van der Waals surface area contributed by atoms with Gasteiger partial charge in [-0.15, -0.1) is 5.10 Å². The van der Waals surface area contributed by atoms with Crippen molar-refractivity contribution < 1.29 is 13.2 Å². The van der Waals surface area contributed by atoms with Crippen molar-refractivity contribution in [3.8, 4) is 5.69 Å². The maximum atomic E-state index is 13.0. The molecular weight excluding hydrogens is 391 g/mol. The van der Waals surface area contributed by atoms with Gasteiger partial charge in [0.05, 0.1) is 22.6 Å². The third-order valence-electron chi connectivity index (χ3n) is 3.68. The Morgan fingerprint density at radius 3 is 2.64 bits per heavy atom. The van der Waals surface area contributed by atoms with Crippen LogP contribution in [0.3, 0.4) is 0 Å². The Labute approximate surface area is 163 Å². The zero-order valence-corrected chi connectivity index (χ0v) is 15.3. The molecule has 0 radical (unpaired) electrons. The number of hydrogen-bond donors (Lipinski definition) is 2. The monoisotopic (exact) mass is 405 g/mol. The van der Waals surface area contributed by atoms with Gasteiger partial charge in [-0.1, -0.05) is 24.3 Å². The van der Waals surface area contributed by atoms with Crippen LogP contribution in [0.25, 0.3) is 5.69 Å². The molecule has 3 rings (SSSR count). The van der Waals surface area contributed by atoms with Crippen LogP contribution in [0.1, 0.15) is 18.1 Å². The first-order chi connectivity index (χ1) is 13.3. The van der Waals surface area contributed by atoms with Gasteiger partial charge in [0.25, 0.3) is 0 Å². The van der Waals surface area contributed by atoms with Gasteiger partial charge < -0.3 is 5.32 Å². The van der Waals surface area contributed by atoms with Gasteiger partial charge in [0.1, 0.15) is 6.33 Å². The summed E-state index contributed by atoms with van der Waals surface area (Å²) < 4.78 is 40.6. The lowest BCUT2D eigenvalue weighted by atomic mass is 10.1. The van der Waals surface area contributed by atoms with Gasteiger partial charge in [0.15, 0.2) is 5.11 Å². The van der Waals surface area contributed by atoms with E-state index < -0.39 is 11.7 Å². The fraction of sp³-hybridized carbons (Fsp3) is 0.118. The van der Waals surface area contributed by atoms with E-state index in [1.807, 2.05) is 24.3 Å². The molecule has 11 heteroatoms. The highest BCUT2D eigenvalue weighted by Crippen LogP contribution is 2.34. The van der Waals surface area contributed by atoms with Crippen molar-refractivity contribution in [2.24, 2.45) is 5.10 Å². The third kappa shape index (κ3) is 4.68. The molecule has 0 aliphatic carbocycles. The molecule has 0 bridgehead atoms. The molecule has 0 unspecified atom stereocenters. The quantitative estimate of drug-likeness (QED) is 0.394. The van der Waals surface area contributed by atoms with Crippen LogP contribution >= 0.6 is 12.2 Å². The number of hydrazone groups is 1. The molecule has 1 aromatic heterocycles. The molecule has 0 aliphatic heterocycles. The lowest BCUT2D eigenvalue weighted by molar-refractivity contribution is -0.136. The van der Waals surface area contributed by atoms with Crippen LogP contribution in [0.4, 0.5) is 18.9 Å². The minimum absolute atomic E-state index is 0.0623. The Kier molecular flexibility index (Phi) is 5.64. The largest absolute Gasteiger partial charge is 0.418 e. The van der Waals surface area contributed by atoms with Gasteiger partial charge in [-0.25, -0.2) is 4.68 Å². The van der Waals surface area contributed by atoms with Gasteiger partial charge in [-0.3, -0.25) is 5.43 Å². The van der Waals surface area contributed by atoms with E-state index in [4.69, 9.17) is 12.2 Å². The standard InChI is InChI=1S/C17H14F3N7S/c1-11(12-5-4-6-13(9-12)27-10-21-25-26-27)23-24-16(28)22-15-8-3-2-7-14(15)17(18,19)20/h2-10H,1H3,(H2,22,24,28)/b23-11+. The predicted molar refractivity (Wildman–Crippen MR) is 102 cm³/mol. The first-order valence-electron chi connectivity index (χ1n) is 7.96. The molecule has 0 aliphatic rings. The molecule has 0 amide bonds. The molecule has 0 saturated heterocycles. The van der Waals surface area contributed by atoms with Crippen LogP contribution in [0, 0.1) is 0 Å². The number of para-hydroxylation sites is 1. The smallest absolute Gasteiger partial charge is 0.331 e. The van der Waals surface area contributed by atoms with Gasteiger partial charge in [0, 0.05) is 0 Å². The van der Waals surface area contributed by atoms with E-state index in [0.29, 0.717) is 5.71 Å². The summed E-state index contributed by atoms with van der Waals surface area (Å²) in [7, 11) is 0. The van der Waals surface area contributed by atoms with Crippen LogP contribution in [-0.2, 0) is 6.18 Å². The summed E-state index contributed by atoms with van der Waals surface area (Å²) in [5.74, 6) is 0. The average molecular weight is 405 g/mol. The molecule has 144 valence electrons. The minimum Gasteiger partial charge on any atom is -0.331 e. The molecule has 3 aromatic rings. The molecule has 0 spiro atoms. The number of anilines is 1. The van der Waals surface area contributed by atoms with Gasteiger partial charge >= 0.3 is 6.18 Å². The summed E-state index contributed by atoms with van der Waals surface area (Å²) >= 11 is 5.05. The number of benzene rings is 2. The Bertz CT molecular complexity index is 1000. The Morgan fingerprint density at radius 1 is 1.14 bits per heavy atom. The van der Waals surface area contributed by atoms with E-state index in [1.54, 1.807) is 6.92 Å². The summed E-state index contributed by atoms with van der Waals surface area (Å²) in [6.45, 7) is 1.73. The number of tetrazole rings is 1. The fourth-order valence-electron chi connectivity index (χ4n) is 2.34. The Hall–Kier alpha value is -3.34. The number of nitrogens with one attached hydrogen (secondary N) is 2. The first-order valence-corrected chi connectivity index (χ1v) is 8.37. The second-order valence-corrected chi connectivity index (χ2v) is 6.02.